The smallest absolute Gasteiger partial charge is 0.234 e. The lowest BCUT2D eigenvalue weighted by Gasteiger charge is -2.14. The molecule has 1 aromatic heterocycles. The topological polar surface area (TPSA) is 76.4 Å². The van der Waals surface area contributed by atoms with Gasteiger partial charge in [0.25, 0.3) is 0 Å². The van der Waals surface area contributed by atoms with Crippen LogP contribution in [0.25, 0.3) is 0 Å². The van der Waals surface area contributed by atoms with Gasteiger partial charge in [-0.25, -0.2) is 0 Å². The molecule has 0 saturated heterocycles. The van der Waals surface area contributed by atoms with Gasteiger partial charge in [0.2, 0.25) is 5.91 Å². The molecule has 6 nitrogen and oxygen atoms in total. The standard InChI is InChI=1S/C13H23N3O3/c1-9(7-12-10(2)16-19-11(12)3)15-13(17)8-14-5-6-18-4/h9,14H,5-8H2,1-4H3,(H,15,17). The Hall–Kier alpha value is -1.40. The zero-order chi connectivity index (χ0) is 14.3. The van der Waals surface area contributed by atoms with Crippen LogP contribution in [0, 0.1) is 13.8 Å². The summed E-state index contributed by atoms with van der Waals surface area (Å²) < 4.78 is 9.99. The second kappa shape index (κ2) is 7.91. The minimum atomic E-state index is -0.0182. The van der Waals surface area contributed by atoms with Gasteiger partial charge in [-0.2, -0.15) is 0 Å². The van der Waals surface area contributed by atoms with Crippen LogP contribution >= 0.6 is 0 Å². The molecule has 1 aromatic rings. The first-order valence-electron chi connectivity index (χ1n) is 6.45. The number of amides is 1. The largest absolute Gasteiger partial charge is 0.383 e. The number of ether oxygens (including phenoxy) is 1. The van der Waals surface area contributed by atoms with Gasteiger partial charge in [0.1, 0.15) is 5.76 Å². The fourth-order valence-corrected chi connectivity index (χ4v) is 1.85. The van der Waals surface area contributed by atoms with Crippen molar-refractivity contribution in [3.8, 4) is 0 Å². The molecule has 6 heteroatoms. The number of hydrogen-bond acceptors (Lipinski definition) is 5. The Morgan fingerprint density at radius 3 is 2.79 bits per heavy atom. The van der Waals surface area contributed by atoms with E-state index >= 15 is 0 Å². The number of aryl methyl sites for hydroxylation is 2. The molecule has 1 unspecified atom stereocenters. The second-order valence-corrected chi connectivity index (χ2v) is 4.64. The minimum absolute atomic E-state index is 0.0182. The normalized spacial score (nSPS) is 12.4. The monoisotopic (exact) mass is 269 g/mol. The van der Waals surface area contributed by atoms with E-state index in [4.69, 9.17) is 9.26 Å². The lowest BCUT2D eigenvalue weighted by atomic mass is 10.1. The third-order valence-electron chi connectivity index (χ3n) is 2.87. The first-order valence-corrected chi connectivity index (χ1v) is 6.45. The number of nitrogens with one attached hydrogen (secondary N) is 2. The summed E-state index contributed by atoms with van der Waals surface area (Å²) in [5, 5.41) is 9.85. The number of methoxy groups -OCH3 is 1. The van der Waals surface area contributed by atoms with Gasteiger partial charge in [-0.3, -0.25) is 4.79 Å². The molecule has 0 bridgehead atoms. The van der Waals surface area contributed by atoms with Gasteiger partial charge in [-0.05, 0) is 27.2 Å². The highest BCUT2D eigenvalue weighted by molar-refractivity contribution is 5.78. The van der Waals surface area contributed by atoms with Crippen LogP contribution in [0.5, 0.6) is 0 Å². The van der Waals surface area contributed by atoms with Crippen molar-refractivity contribution in [3.05, 3.63) is 17.0 Å². The maximum atomic E-state index is 11.7. The average molecular weight is 269 g/mol. The maximum absolute atomic E-state index is 11.7. The summed E-state index contributed by atoms with van der Waals surface area (Å²) >= 11 is 0. The summed E-state index contributed by atoms with van der Waals surface area (Å²) in [4.78, 5) is 11.7. The van der Waals surface area contributed by atoms with E-state index in [0.717, 1.165) is 23.4 Å². The first-order chi connectivity index (χ1) is 9.04. The summed E-state index contributed by atoms with van der Waals surface area (Å²) in [5.41, 5.74) is 1.96. The van der Waals surface area contributed by atoms with Crippen LogP contribution in [0.2, 0.25) is 0 Å². The van der Waals surface area contributed by atoms with Crippen LogP contribution in [0.15, 0.2) is 4.52 Å². The fraction of sp³-hybridized carbons (Fsp3) is 0.692. The van der Waals surface area contributed by atoms with E-state index in [0.29, 0.717) is 19.7 Å². The molecule has 1 heterocycles. The molecular formula is C13H23N3O3. The molecule has 2 N–H and O–H groups in total. The van der Waals surface area contributed by atoms with Crippen LogP contribution in [0.1, 0.15) is 23.9 Å². The Morgan fingerprint density at radius 2 is 2.21 bits per heavy atom. The summed E-state index contributed by atoms with van der Waals surface area (Å²) in [6, 6.07) is 0.0496. The van der Waals surface area contributed by atoms with Gasteiger partial charge in [-0.15, -0.1) is 0 Å². The Morgan fingerprint density at radius 1 is 1.47 bits per heavy atom. The van der Waals surface area contributed by atoms with E-state index in [-0.39, 0.29) is 11.9 Å². The second-order valence-electron chi connectivity index (χ2n) is 4.64. The van der Waals surface area contributed by atoms with Gasteiger partial charge in [-0.1, -0.05) is 5.16 Å². The lowest BCUT2D eigenvalue weighted by Crippen LogP contribution is -2.40. The average Bonchev–Trinajstić information content (AvgIpc) is 2.66. The van der Waals surface area contributed by atoms with E-state index in [1.165, 1.54) is 0 Å². The summed E-state index contributed by atoms with van der Waals surface area (Å²) in [5.74, 6) is 0.798. The van der Waals surface area contributed by atoms with Crippen molar-refractivity contribution in [2.75, 3.05) is 26.8 Å². The predicted molar refractivity (Wildman–Crippen MR) is 72.0 cm³/mol. The number of rotatable bonds is 8. The quantitative estimate of drug-likeness (QED) is 0.675. The summed E-state index contributed by atoms with van der Waals surface area (Å²) in [6.45, 7) is 7.33. The fourth-order valence-electron chi connectivity index (χ4n) is 1.85. The molecule has 0 aliphatic heterocycles. The Labute approximate surface area is 113 Å². The minimum Gasteiger partial charge on any atom is -0.383 e. The van der Waals surface area contributed by atoms with Crippen LogP contribution in [0.3, 0.4) is 0 Å². The highest BCUT2D eigenvalue weighted by atomic mass is 16.5. The Kier molecular flexibility index (Phi) is 6.52. The van der Waals surface area contributed by atoms with Crippen molar-refractivity contribution in [2.24, 2.45) is 0 Å². The van der Waals surface area contributed by atoms with Crippen LogP contribution in [0.4, 0.5) is 0 Å². The molecule has 0 spiro atoms. The lowest BCUT2D eigenvalue weighted by molar-refractivity contribution is -0.120. The molecule has 0 aliphatic rings. The third-order valence-corrected chi connectivity index (χ3v) is 2.87. The molecule has 0 fully saturated rings. The number of hydrogen-bond donors (Lipinski definition) is 2. The van der Waals surface area contributed by atoms with Gasteiger partial charge in [0, 0.05) is 25.3 Å². The van der Waals surface area contributed by atoms with E-state index in [2.05, 4.69) is 15.8 Å². The SMILES string of the molecule is COCCNCC(=O)NC(C)Cc1c(C)noc1C. The van der Waals surface area contributed by atoms with Crippen LogP contribution in [-0.4, -0.2) is 43.9 Å². The number of carbonyl (C=O) groups excluding carboxylic acids is 1. The van der Waals surface area contributed by atoms with Gasteiger partial charge in [0.05, 0.1) is 18.8 Å². The molecule has 108 valence electrons. The predicted octanol–water partition coefficient (Wildman–Crippen LogP) is 0.575. The van der Waals surface area contributed by atoms with E-state index in [1.807, 2.05) is 20.8 Å². The van der Waals surface area contributed by atoms with Crippen molar-refractivity contribution < 1.29 is 14.1 Å². The van der Waals surface area contributed by atoms with Crippen LogP contribution < -0.4 is 10.6 Å². The highest BCUT2D eigenvalue weighted by Crippen LogP contribution is 2.14. The number of carbonyl (C=O) groups is 1. The number of nitrogens with zero attached hydrogens (tertiary/aromatic N) is 1. The van der Waals surface area contributed by atoms with Crippen molar-refractivity contribution in [1.29, 1.82) is 0 Å². The van der Waals surface area contributed by atoms with Crippen molar-refractivity contribution in [3.63, 3.8) is 0 Å². The molecular weight excluding hydrogens is 246 g/mol. The summed E-state index contributed by atoms with van der Waals surface area (Å²) in [6.07, 6.45) is 0.727. The van der Waals surface area contributed by atoms with Crippen molar-refractivity contribution >= 4 is 5.91 Å². The molecule has 1 rings (SSSR count). The van der Waals surface area contributed by atoms with Crippen LogP contribution in [-0.2, 0) is 16.0 Å². The molecule has 0 saturated carbocycles. The number of aromatic nitrogens is 1. The first kappa shape index (κ1) is 15.7. The van der Waals surface area contributed by atoms with Gasteiger partial charge < -0.3 is 19.9 Å². The Balaban J connectivity index is 2.31. The highest BCUT2D eigenvalue weighted by Gasteiger charge is 2.14. The molecule has 1 amide bonds. The maximum Gasteiger partial charge on any atom is 0.234 e. The van der Waals surface area contributed by atoms with E-state index in [9.17, 15) is 4.79 Å². The third kappa shape index (κ3) is 5.40. The zero-order valence-electron chi connectivity index (χ0n) is 12.1. The molecule has 0 radical (unpaired) electrons. The summed E-state index contributed by atoms with van der Waals surface area (Å²) in [7, 11) is 1.63. The van der Waals surface area contributed by atoms with Crippen molar-refractivity contribution in [2.45, 2.75) is 33.2 Å². The zero-order valence-corrected chi connectivity index (χ0v) is 12.1. The van der Waals surface area contributed by atoms with E-state index < -0.39 is 0 Å². The molecule has 0 aliphatic carbocycles. The van der Waals surface area contributed by atoms with Crippen molar-refractivity contribution in [1.82, 2.24) is 15.8 Å². The molecule has 0 aromatic carbocycles. The molecule has 19 heavy (non-hydrogen) atoms. The Bertz CT molecular complexity index is 384. The molecule has 1 atom stereocenters. The van der Waals surface area contributed by atoms with Gasteiger partial charge in [0.15, 0.2) is 0 Å². The van der Waals surface area contributed by atoms with E-state index in [1.54, 1.807) is 7.11 Å². The van der Waals surface area contributed by atoms with Gasteiger partial charge >= 0.3 is 0 Å².